The Morgan fingerprint density at radius 2 is 1.60 bits per heavy atom. The van der Waals surface area contributed by atoms with E-state index < -0.39 is 33.7 Å². The molecule has 0 aliphatic carbocycles. The van der Waals surface area contributed by atoms with E-state index in [2.05, 4.69) is 48.8 Å². The number of carbonyl (C=O) groups is 1. The molecule has 0 spiro atoms. The lowest BCUT2D eigenvalue weighted by Crippen LogP contribution is -2.48. The van der Waals surface area contributed by atoms with Crippen LogP contribution < -0.4 is 10.6 Å². The van der Waals surface area contributed by atoms with E-state index in [0.717, 1.165) is 74.1 Å². The lowest BCUT2D eigenvalue weighted by Gasteiger charge is -2.29. The number of nitrogens with zero attached hydrogens (tertiary/aromatic N) is 6. The largest absolute Gasteiger partial charge is 0.492 e. The topological polar surface area (TPSA) is 131 Å². The van der Waals surface area contributed by atoms with Crippen molar-refractivity contribution in [1.82, 2.24) is 8.98 Å². The minimum absolute atomic E-state index is 0.134. The summed E-state index contributed by atoms with van der Waals surface area (Å²) in [5.41, 5.74) is -1.70. The summed E-state index contributed by atoms with van der Waals surface area (Å²) in [6.45, 7) is 18.8. The van der Waals surface area contributed by atoms with Crippen molar-refractivity contribution in [2.24, 2.45) is 27.5 Å². The van der Waals surface area contributed by atoms with Crippen molar-refractivity contribution in [1.29, 1.82) is 5.26 Å². The van der Waals surface area contributed by atoms with Gasteiger partial charge in [-0.3, -0.25) is 9.59 Å². The van der Waals surface area contributed by atoms with Crippen LogP contribution in [0.1, 0.15) is 104 Å². The molecule has 1 aromatic heterocycles. The Morgan fingerprint density at radius 1 is 1.06 bits per heavy atom. The molecule has 1 aromatic carbocycles. The van der Waals surface area contributed by atoms with E-state index in [9.17, 15) is 24.2 Å². The molecule has 258 valence electrons. The molecule has 47 heavy (non-hydrogen) atoms. The number of nitriles is 1. The molecule has 0 saturated carbocycles. The number of rotatable bonds is 19. The molecule has 0 bridgehead atoms. The third-order valence-electron chi connectivity index (χ3n) is 8.87. The van der Waals surface area contributed by atoms with E-state index in [1.165, 1.54) is 20.0 Å². The second-order valence-electron chi connectivity index (χ2n) is 12.8. The number of hydrogen-bond acceptors (Lipinski definition) is 7. The van der Waals surface area contributed by atoms with Crippen molar-refractivity contribution in [2.75, 3.05) is 25.1 Å². The predicted octanol–water partition coefficient (Wildman–Crippen LogP) is 8.21. The highest BCUT2D eigenvalue weighted by molar-refractivity contribution is 7.82. The Balaban J connectivity index is 2.45. The van der Waals surface area contributed by atoms with Gasteiger partial charge in [0.1, 0.15) is 22.6 Å². The molecule has 0 saturated heterocycles. The van der Waals surface area contributed by atoms with Crippen LogP contribution in [-0.2, 0) is 15.8 Å². The standard InChI is InChI=1S/C36H54N6O4S/c1-10-15-17-27(12-3)24-41(25-28(13-4)18-16-11-2)47(46)30-21-19-29(20-22-30)38-39-32-26(6)31(23-37)33(43)42(34(32)44)40(9)35(45)36(7,8)14-5/h14,19-22,27-28,43H,5,10-13,15-18,24-25H2,1-4,6-9H3. The Labute approximate surface area is 283 Å². The fourth-order valence-corrected chi connectivity index (χ4v) is 6.74. The second kappa shape index (κ2) is 18.6. The van der Waals surface area contributed by atoms with E-state index in [1.54, 1.807) is 38.1 Å². The van der Waals surface area contributed by atoms with Gasteiger partial charge in [-0.2, -0.15) is 15.1 Å². The minimum Gasteiger partial charge on any atom is -0.492 e. The van der Waals surface area contributed by atoms with Crippen LogP contribution in [0.3, 0.4) is 0 Å². The summed E-state index contributed by atoms with van der Waals surface area (Å²) >= 11 is 0. The zero-order valence-corrected chi connectivity index (χ0v) is 30.4. The lowest BCUT2D eigenvalue weighted by molar-refractivity contribution is -0.125. The summed E-state index contributed by atoms with van der Waals surface area (Å²) in [5.74, 6) is -0.238. The van der Waals surface area contributed by atoms with Crippen molar-refractivity contribution in [3.8, 4) is 11.9 Å². The molecule has 1 amide bonds. The molecule has 1 heterocycles. The van der Waals surface area contributed by atoms with Gasteiger partial charge in [-0.1, -0.05) is 72.3 Å². The molecule has 11 heteroatoms. The van der Waals surface area contributed by atoms with Gasteiger partial charge >= 0.3 is 5.56 Å². The third-order valence-corrected chi connectivity index (χ3v) is 10.3. The molecule has 3 unspecified atom stereocenters. The van der Waals surface area contributed by atoms with Gasteiger partial charge in [0.05, 0.1) is 16.0 Å². The summed E-state index contributed by atoms with van der Waals surface area (Å²) < 4.78 is 16.8. The van der Waals surface area contributed by atoms with E-state index in [1.807, 2.05) is 6.07 Å². The maximum Gasteiger partial charge on any atom is 0.300 e. The molecular formula is C36H54N6O4S. The van der Waals surface area contributed by atoms with Gasteiger partial charge in [-0.25, -0.2) is 13.5 Å². The number of hydrogen-bond donors (Lipinski definition) is 1. The predicted molar refractivity (Wildman–Crippen MR) is 190 cm³/mol. The first-order valence-corrected chi connectivity index (χ1v) is 17.9. The average Bonchev–Trinajstić information content (AvgIpc) is 3.07. The summed E-state index contributed by atoms with van der Waals surface area (Å²) in [6.07, 6.45) is 10.4. The van der Waals surface area contributed by atoms with Gasteiger partial charge in [0.2, 0.25) is 5.88 Å². The number of aromatic hydroxyl groups is 1. The van der Waals surface area contributed by atoms with Crippen LogP contribution in [0.4, 0.5) is 11.4 Å². The van der Waals surface area contributed by atoms with Crippen LogP contribution in [-0.4, -0.2) is 44.3 Å². The van der Waals surface area contributed by atoms with Gasteiger partial charge < -0.3 is 5.11 Å². The maximum atomic E-state index is 14.0. The average molecular weight is 667 g/mol. The van der Waals surface area contributed by atoms with Crippen LogP contribution in [0, 0.1) is 35.5 Å². The molecule has 0 aliphatic heterocycles. The number of aromatic nitrogens is 1. The monoisotopic (exact) mass is 666 g/mol. The van der Waals surface area contributed by atoms with Crippen LogP contribution in [0.2, 0.25) is 0 Å². The highest BCUT2D eigenvalue weighted by Gasteiger charge is 2.32. The summed E-state index contributed by atoms with van der Waals surface area (Å²) in [5, 5.41) is 29.9. The number of carbonyl (C=O) groups excluding carboxylic acids is 1. The zero-order valence-electron chi connectivity index (χ0n) is 29.6. The number of pyridine rings is 1. The van der Waals surface area contributed by atoms with Crippen molar-refractivity contribution < 1.29 is 14.1 Å². The summed E-state index contributed by atoms with van der Waals surface area (Å²) in [6, 6.07) is 8.82. The maximum absolute atomic E-state index is 14.0. The second-order valence-corrected chi connectivity index (χ2v) is 14.3. The lowest BCUT2D eigenvalue weighted by atomic mass is 9.92. The van der Waals surface area contributed by atoms with E-state index in [0.29, 0.717) is 22.4 Å². The van der Waals surface area contributed by atoms with Crippen molar-refractivity contribution in [3.05, 3.63) is 58.4 Å². The van der Waals surface area contributed by atoms with Crippen molar-refractivity contribution >= 4 is 28.3 Å². The quantitative estimate of drug-likeness (QED) is 0.119. The van der Waals surface area contributed by atoms with Gasteiger partial charge in [-0.05, 0) is 69.7 Å². The zero-order chi connectivity index (χ0) is 35.3. The number of amides is 1. The van der Waals surface area contributed by atoms with E-state index in [4.69, 9.17) is 0 Å². The first-order valence-electron chi connectivity index (χ1n) is 16.8. The Bertz CT molecular complexity index is 1490. The number of benzene rings is 1. The Kier molecular flexibility index (Phi) is 15.7. The van der Waals surface area contributed by atoms with Crippen LogP contribution >= 0.6 is 0 Å². The SMILES string of the molecule is C=CC(C)(C)C(=O)N(C)n1c(O)c(C#N)c(C)c(N=Nc2ccc(S(=O)N(CC(CC)CCCC)CC(CC)CCCC)cc2)c1=O. The van der Waals surface area contributed by atoms with Gasteiger partial charge in [0, 0.05) is 25.7 Å². The molecule has 3 atom stereocenters. The minimum atomic E-state index is -1.36. The first kappa shape index (κ1) is 39.6. The normalized spacial score (nSPS) is 13.8. The molecule has 0 aliphatic rings. The van der Waals surface area contributed by atoms with Gasteiger partial charge in [0.25, 0.3) is 5.91 Å². The first-order chi connectivity index (χ1) is 22.3. The fraction of sp³-hybridized carbons (Fsp3) is 0.583. The summed E-state index contributed by atoms with van der Waals surface area (Å²) in [4.78, 5) is 27.3. The highest BCUT2D eigenvalue weighted by Crippen LogP contribution is 2.29. The third kappa shape index (κ3) is 10.2. The summed E-state index contributed by atoms with van der Waals surface area (Å²) in [7, 11) is -0.0343. The molecule has 0 fully saturated rings. The highest BCUT2D eigenvalue weighted by atomic mass is 32.2. The molecule has 10 nitrogen and oxygen atoms in total. The number of unbranched alkanes of at least 4 members (excludes halogenated alkanes) is 2. The van der Waals surface area contributed by atoms with Gasteiger partial charge in [0.15, 0.2) is 5.69 Å². The molecule has 2 aromatic rings. The van der Waals surface area contributed by atoms with Crippen molar-refractivity contribution in [3.63, 3.8) is 0 Å². The van der Waals surface area contributed by atoms with E-state index in [-0.39, 0.29) is 16.8 Å². The molecule has 0 radical (unpaired) electrons. The van der Waals surface area contributed by atoms with Gasteiger partial charge in [-0.15, -0.1) is 11.7 Å². The van der Waals surface area contributed by atoms with Crippen LogP contribution in [0.5, 0.6) is 5.88 Å². The molecule has 2 rings (SSSR count). The Hall–Kier alpha value is -3.62. The fourth-order valence-electron chi connectivity index (χ4n) is 5.38. The van der Waals surface area contributed by atoms with Crippen LogP contribution in [0.15, 0.2) is 56.8 Å². The van der Waals surface area contributed by atoms with Crippen molar-refractivity contribution in [2.45, 2.75) is 105 Å². The smallest absolute Gasteiger partial charge is 0.300 e. The molecule has 1 N–H and O–H groups in total. The molecular weight excluding hydrogens is 613 g/mol. The Morgan fingerprint density at radius 3 is 2.04 bits per heavy atom. The number of azo groups is 1. The van der Waals surface area contributed by atoms with E-state index >= 15 is 0 Å². The van der Waals surface area contributed by atoms with Crippen LogP contribution in [0.25, 0.3) is 0 Å².